The van der Waals surface area contributed by atoms with Crippen molar-refractivity contribution in [3.8, 4) is 0 Å². The van der Waals surface area contributed by atoms with Crippen LogP contribution >= 0.6 is 24.4 Å². The van der Waals surface area contributed by atoms with Gasteiger partial charge in [-0.25, -0.2) is 0 Å². The second-order valence-corrected chi connectivity index (χ2v) is 4.22. The van der Waals surface area contributed by atoms with E-state index in [1.165, 1.54) is 0 Å². The first-order chi connectivity index (χ1) is 5.34. The number of rotatable bonds is 2. The van der Waals surface area contributed by atoms with E-state index < -0.39 is 0 Å². The van der Waals surface area contributed by atoms with Crippen LogP contribution < -0.4 is 5.32 Å². The zero-order valence-electron chi connectivity index (χ0n) is 8.26. The van der Waals surface area contributed by atoms with Crippen LogP contribution in [0, 0.1) is 0 Å². The monoisotopic (exact) mass is 204 g/mol. The van der Waals surface area contributed by atoms with E-state index in [9.17, 15) is 0 Å². The maximum Gasteiger partial charge on any atom is 0.101 e. The number of hydrogen-bond acceptors (Lipinski definition) is 2. The van der Waals surface area contributed by atoms with Crippen LogP contribution in [0.1, 0.15) is 20.8 Å². The predicted octanol–water partition coefficient (Wildman–Crippen LogP) is 1.59. The molecular weight excluding hydrogens is 188 g/mol. The Bertz CT molecular complexity index is 199. The van der Waals surface area contributed by atoms with Gasteiger partial charge in [-0.05, 0) is 20.8 Å². The van der Waals surface area contributed by atoms with Crippen molar-refractivity contribution in [1.29, 1.82) is 0 Å². The van der Waals surface area contributed by atoms with E-state index in [0.717, 1.165) is 9.98 Å². The van der Waals surface area contributed by atoms with E-state index in [-0.39, 0.29) is 5.54 Å². The minimum Gasteiger partial charge on any atom is -0.381 e. The zero-order valence-corrected chi connectivity index (χ0v) is 9.90. The van der Waals surface area contributed by atoms with Crippen molar-refractivity contribution in [3.05, 3.63) is 0 Å². The summed E-state index contributed by atoms with van der Waals surface area (Å²) in [4.78, 5) is 3.63. The molecule has 0 radical (unpaired) electrons. The van der Waals surface area contributed by atoms with Gasteiger partial charge in [0.15, 0.2) is 0 Å². The lowest BCUT2D eigenvalue weighted by atomic mass is 10.0. The Hall–Kier alpha value is -0.220. The van der Waals surface area contributed by atoms with Gasteiger partial charge in [-0.3, -0.25) is 0 Å². The number of hydrogen-bond donors (Lipinski definition) is 1. The Morgan fingerprint density at radius 1 is 1.33 bits per heavy atom. The fourth-order valence-electron chi connectivity index (χ4n) is 0.852. The molecule has 0 rings (SSSR count). The minimum atomic E-state index is -0.198. The molecule has 0 atom stereocenters. The van der Waals surface area contributed by atoms with Gasteiger partial charge in [-0.1, -0.05) is 24.4 Å². The zero-order chi connectivity index (χ0) is 9.94. The van der Waals surface area contributed by atoms with Crippen molar-refractivity contribution in [3.63, 3.8) is 0 Å². The third-order valence-electron chi connectivity index (χ3n) is 2.09. The van der Waals surface area contributed by atoms with E-state index in [1.54, 1.807) is 0 Å². The van der Waals surface area contributed by atoms with Crippen molar-refractivity contribution < 1.29 is 0 Å². The molecule has 0 unspecified atom stereocenters. The summed E-state index contributed by atoms with van der Waals surface area (Å²) in [5, 5.41) is 2.97. The molecule has 0 heterocycles. The van der Waals surface area contributed by atoms with Crippen LogP contribution in [0.15, 0.2) is 0 Å². The largest absolute Gasteiger partial charge is 0.381 e. The molecule has 2 nitrogen and oxygen atoms in total. The molecule has 0 aromatic rings. The van der Waals surface area contributed by atoms with Crippen LogP contribution in [0.5, 0.6) is 0 Å². The summed E-state index contributed by atoms with van der Waals surface area (Å²) in [5.41, 5.74) is -0.198. The van der Waals surface area contributed by atoms with Crippen LogP contribution in [-0.4, -0.2) is 34.5 Å². The molecule has 0 aromatic heterocycles. The molecule has 0 spiro atoms. The van der Waals surface area contributed by atoms with Gasteiger partial charge in [-0.15, -0.1) is 0 Å². The molecule has 0 aromatic carbocycles. The number of thiocarbonyl (C=S) groups is 2. The van der Waals surface area contributed by atoms with Crippen LogP contribution in [-0.2, 0) is 0 Å². The molecule has 4 heteroatoms. The van der Waals surface area contributed by atoms with E-state index in [4.69, 9.17) is 24.4 Å². The van der Waals surface area contributed by atoms with Gasteiger partial charge in [0.25, 0.3) is 0 Å². The molecule has 1 N–H and O–H groups in total. The standard InChI is InChI=1S/C8H16N2S2/c1-6(11)10(5)8(2,3)7(12)9-4/h1-5H3,(H,9,12). The Kier molecular flexibility index (Phi) is 4.06. The first kappa shape index (κ1) is 11.8. The van der Waals surface area contributed by atoms with Crippen LogP contribution in [0.3, 0.4) is 0 Å². The Morgan fingerprint density at radius 2 is 1.75 bits per heavy atom. The lowest BCUT2D eigenvalue weighted by molar-refractivity contribution is 0.348. The average molecular weight is 204 g/mol. The van der Waals surface area contributed by atoms with E-state index in [2.05, 4.69) is 5.32 Å². The fourth-order valence-corrected chi connectivity index (χ4v) is 1.22. The first-order valence-electron chi connectivity index (χ1n) is 3.80. The molecule has 0 aliphatic rings. The van der Waals surface area contributed by atoms with Crippen molar-refractivity contribution in [2.75, 3.05) is 14.1 Å². The van der Waals surface area contributed by atoms with E-state index >= 15 is 0 Å². The summed E-state index contributed by atoms with van der Waals surface area (Å²) in [7, 11) is 3.78. The third-order valence-corrected chi connectivity index (χ3v) is 3.07. The highest BCUT2D eigenvalue weighted by atomic mass is 32.1. The number of nitrogens with zero attached hydrogens (tertiary/aromatic N) is 1. The topological polar surface area (TPSA) is 15.3 Å². The molecule has 0 amide bonds. The van der Waals surface area contributed by atoms with Gasteiger partial charge in [0.05, 0.1) is 10.5 Å². The smallest absolute Gasteiger partial charge is 0.101 e. The maximum atomic E-state index is 5.17. The molecule has 0 aliphatic carbocycles. The molecule has 0 aliphatic heterocycles. The summed E-state index contributed by atoms with van der Waals surface area (Å²) >= 11 is 10.2. The fraction of sp³-hybridized carbons (Fsp3) is 0.750. The second-order valence-electron chi connectivity index (χ2n) is 3.22. The summed E-state index contributed by atoms with van der Waals surface area (Å²) in [6.45, 7) is 5.98. The van der Waals surface area contributed by atoms with Gasteiger partial charge in [0.1, 0.15) is 4.99 Å². The van der Waals surface area contributed by atoms with Crippen molar-refractivity contribution >= 4 is 34.4 Å². The van der Waals surface area contributed by atoms with Crippen LogP contribution in [0.2, 0.25) is 0 Å². The van der Waals surface area contributed by atoms with Gasteiger partial charge >= 0.3 is 0 Å². The van der Waals surface area contributed by atoms with Crippen molar-refractivity contribution in [2.24, 2.45) is 0 Å². The maximum absolute atomic E-state index is 5.17. The first-order valence-corrected chi connectivity index (χ1v) is 4.62. The summed E-state index contributed by atoms with van der Waals surface area (Å²) in [6, 6.07) is 0. The second kappa shape index (κ2) is 4.14. The number of nitrogens with one attached hydrogen (secondary N) is 1. The molecule has 70 valence electrons. The SMILES string of the molecule is CNC(=S)C(C)(C)N(C)C(C)=S. The van der Waals surface area contributed by atoms with Crippen molar-refractivity contribution in [2.45, 2.75) is 26.3 Å². The van der Waals surface area contributed by atoms with Crippen molar-refractivity contribution in [1.82, 2.24) is 10.2 Å². The molecule has 0 saturated carbocycles. The van der Waals surface area contributed by atoms with E-state index in [0.29, 0.717) is 0 Å². The Balaban J connectivity index is 4.60. The quantitative estimate of drug-likeness (QED) is 0.687. The van der Waals surface area contributed by atoms with Gasteiger partial charge < -0.3 is 10.2 Å². The lowest BCUT2D eigenvalue weighted by Crippen LogP contribution is -2.52. The highest BCUT2D eigenvalue weighted by Gasteiger charge is 2.27. The minimum absolute atomic E-state index is 0.198. The van der Waals surface area contributed by atoms with Gasteiger partial charge in [0, 0.05) is 14.1 Å². The van der Waals surface area contributed by atoms with Crippen LogP contribution in [0.25, 0.3) is 0 Å². The molecule has 0 bridgehead atoms. The predicted molar refractivity (Wildman–Crippen MR) is 61.8 cm³/mol. The Morgan fingerprint density at radius 3 is 2.00 bits per heavy atom. The van der Waals surface area contributed by atoms with Gasteiger partial charge in [0.2, 0.25) is 0 Å². The Labute approximate surface area is 85.3 Å². The van der Waals surface area contributed by atoms with Crippen LogP contribution in [0.4, 0.5) is 0 Å². The molecule has 12 heavy (non-hydrogen) atoms. The molecule has 0 saturated heterocycles. The lowest BCUT2D eigenvalue weighted by Gasteiger charge is -2.36. The third kappa shape index (κ3) is 2.38. The molecular formula is C8H16N2S2. The highest BCUT2D eigenvalue weighted by Crippen LogP contribution is 2.14. The molecule has 0 fully saturated rings. The normalized spacial score (nSPS) is 10.8. The summed E-state index contributed by atoms with van der Waals surface area (Å²) in [6.07, 6.45) is 0. The number of likely N-dealkylation sites (N-methyl/N-ethyl adjacent to an activating group) is 2. The average Bonchev–Trinajstić information content (AvgIpc) is 2.01. The summed E-state index contributed by atoms with van der Waals surface area (Å²) in [5.74, 6) is 0. The highest BCUT2D eigenvalue weighted by molar-refractivity contribution is 7.80. The van der Waals surface area contributed by atoms with Gasteiger partial charge in [-0.2, -0.15) is 0 Å². The van der Waals surface area contributed by atoms with E-state index in [1.807, 2.05) is 39.8 Å². The summed E-state index contributed by atoms with van der Waals surface area (Å²) < 4.78 is 0.